The third kappa shape index (κ3) is 6.34. The highest BCUT2D eigenvalue weighted by molar-refractivity contribution is 5.96. The number of phenols is 1. The molecule has 0 aromatic heterocycles. The molecule has 0 spiro atoms. The number of phenolic OH excluding ortho intramolecular Hbond substituents is 1. The van der Waals surface area contributed by atoms with E-state index >= 15 is 0 Å². The fraction of sp³-hybridized carbons (Fsp3) is 0.364. The Hall–Kier alpha value is -3.30. The van der Waals surface area contributed by atoms with E-state index in [-0.39, 0.29) is 48.4 Å². The third-order valence-corrected chi connectivity index (χ3v) is 4.45. The second-order valence-corrected chi connectivity index (χ2v) is 6.60. The van der Waals surface area contributed by atoms with Crippen LogP contribution in [0.3, 0.4) is 0 Å². The number of carbonyl (C=O) groups is 2. The van der Waals surface area contributed by atoms with Crippen molar-refractivity contribution < 1.29 is 43.9 Å². The standard InChI is InChI=1S/C22H26O9/c1-13(24)30-12-21(22(27)15-4-6-17(26)19(11-15)28-2)31-18-7-5-14(10-20(18)29-3)16(25)8-9-23/h4-7,10-11,21-23,26-27H,8-9,12H2,1-3H3/t21-,22-/m0/s1. The average Bonchev–Trinajstić information content (AvgIpc) is 2.76. The fourth-order valence-corrected chi connectivity index (χ4v) is 2.83. The van der Waals surface area contributed by atoms with E-state index in [1.165, 1.54) is 57.5 Å². The highest BCUT2D eigenvalue weighted by Crippen LogP contribution is 2.34. The molecule has 0 saturated heterocycles. The number of Topliss-reactive ketones (excluding diaryl/α,β-unsaturated/α-hetero) is 1. The van der Waals surface area contributed by atoms with Crippen molar-refractivity contribution in [3.63, 3.8) is 0 Å². The maximum atomic E-state index is 12.0. The number of hydrogen-bond donors (Lipinski definition) is 3. The molecule has 168 valence electrons. The van der Waals surface area contributed by atoms with Gasteiger partial charge in [-0.15, -0.1) is 0 Å². The fourth-order valence-electron chi connectivity index (χ4n) is 2.83. The van der Waals surface area contributed by atoms with E-state index in [2.05, 4.69) is 0 Å². The zero-order valence-corrected chi connectivity index (χ0v) is 17.5. The first kappa shape index (κ1) is 24.0. The van der Waals surface area contributed by atoms with Gasteiger partial charge in [0.1, 0.15) is 12.7 Å². The molecule has 0 aliphatic heterocycles. The number of aliphatic hydroxyl groups excluding tert-OH is 2. The van der Waals surface area contributed by atoms with Gasteiger partial charge < -0.3 is 34.3 Å². The summed E-state index contributed by atoms with van der Waals surface area (Å²) in [6.07, 6.45) is -2.32. The Morgan fingerprint density at radius 1 is 1.00 bits per heavy atom. The van der Waals surface area contributed by atoms with Gasteiger partial charge in [-0.1, -0.05) is 6.07 Å². The summed E-state index contributed by atoms with van der Waals surface area (Å²) >= 11 is 0. The maximum Gasteiger partial charge on any atom is 0.302 e. The van der Waals surface area contributed by atoms with Gasteiger partial charge in [0.05, 0.1) is 20.8 Å². The van der Waals surface area contributed by atoms with Gasteiger partial charge in [0.25, 0.3) is 0 Å². The van der Waals surface area contributed by atoms with Gasteiger partial charge in [-0.25, -0.2) is 0 Å². The summed E-state index contributed by atoms with van der Waals surface area (Å²) in [5, 5.41) is 29.6. The van der Waals surface area contributed by atoms with Crippen LogP contribution < -0.4 is 14.2 Å². The highest BCUT2D eigenvalue weighted by Gasteiger charge is 2.27. The Kier molecular flexibility index (Phi) is 8.65. The van der Waals surface area contributed by atoms with E-state index in [1.807, 2.05) is 0 Å². The number of methoxy groups -OCH3 is 2. The smallest absolute Gasteiger partial charge is 0.302 e. The summed E-state index contributed by atoms with van der Waals surface area (Å²) in [7, 11) is 2.77. The number of rotatable bonds is 11. The van der Waals surface area contributed by atoms with Crippen LogP contribution in [0.15, 0.2) is 36.4 Å². The molecule has 0 bridgehead atoms. The van der Waals surface area contributed by atoms with E-state index in [0.717, 1.165) is 0 Å². The zero-order valence-electron chi connectivity index (χ0n) is 17.5. The van der Waals surface area contributed by atoms with Crippen LogP contribution in [0.5, 0.6) is 23.0 Å². The molecule has 0 aliphatic carbocycles. The Bertz CT molecular complexity index is 910. The lowest BCUT2D eigenvalue weighted by atomic mass is 10.0. The van der Waals surface area contributed by atoms with Crippen molar-refractivity contribution >= 4 is 11.8 Å². The molecule has 0 amide bonds. The Balaban J connectivity index is 2.33. The van der Waals surface area contributed by atoms with Crippen molar-refractivity contribution in [2.75, 3.05) is 27.4 Å². The molecule has 9 nitrogen and oxygen atoms in total. The largest absolute Gasteiger partial charge is 0.504 e. The van der Waals surface area contributed by atoms with Crippen molar-refractivity contribution in [1.29, 1.82) is 0 Å². The molecule has 2 aromatic rings. The Morgan fingerprint density at radius 2 is 1.71 bits per heavy atom. The predicted molar refractivity (Wildman–Crippen MR) is 110 cm³/mol. The molecule has 2 atom stereocenters. The van der Waals surface area contributed by atoms with E-state index < -0.39 is 18.2 Å². The predicted octanol–water partition coefficient (Wildman–Crippen LogP) is 2.02. The average molecular weight is 434 g/mol. The lowest BCUT2D eigenvalue weighted by Crippen LogP contribution is -2.31. The topological polar surface area (TPSA) is 132 Å². The van der Waals surface area contributed by atoms with E-state index in [1.54, 1.807) is 0 Å². The number of hydrogen-bond acceptors (Lipinski definition) is 9. The highest BCUT2D eigenvalue weighted by atomic mass is 16.6. The molecule has 0 aliphatic rings. The number of esters is 1. The molecule has 3 N–H and O–H groups in total. The van der Waals surface area contributed by atoms with E-state index in [4.69, 9.17) is 24.1 Å². The molecule has 31 heavy (non-hydrogen) atoms. The summed E-state index contributed by atoms with van der Waals surface area (Å²) < 4.78 is 21.3. The molecule has 0 saturated carbocycles. The van der Waals surface area contributed by atoms with E-state index in [0.29, 0.717) is 11.1 Å². The zero-order chi connectivity index (χ0) is 23.0. The normalized spacial score (nSPS) is 12.5. The van der Waals surface area contributed by atoms with Crippen LogP contribution >= 0.6 is 0 Å². The van der Waals surface area contributed by atoms with Crippen molar-refractivity contribution in [3.8, 4) is 23.0 Å². The van der Waals surface area contributed by atoms with Gasteiger partial charge in [-0.05, 0) is 35.9 Å². The minimum absolute atomic E-state index is 0.0279. The summed E-state index contributed by atoms with van der Waals surface area (Å²) in [4.78, 5) is 23.3. The summed E-state index contributed by atoms with van der Waals surface area (Å²) in [6, 6.07) is 8.76. The number of aromatic hydroxyl groups is 1. The SMILES string of the molecule is COc1cc([C@H](O)[C@H](COC(C)=O)Oc2ccc(C(=O)CCO)cc2OC)ccc1O. The number of ketones is 1. The summed E-state index contributed by atoms with van der Waals surface area (Å²) in [6.45, 7) is 0.690. The number of ether oxygens (including phenoxy) is 4. The number of aliphatic hydroxyl groups is 2. The van der Waals surface area contributed by atoms with Gasteiger partial charge >= 0.3 is 5.97 Å². The van der Waals surface area contributed by atoms with Crippen LogP contribution in [-0.2, 0) is 9.53 Å². The van der Waals surface area contributed by atoms with Crippen LogP contribution in [0.25, 0.3) is 0 Å². The Morgan fingerprint density at radius 3 is 2.32 bits per heavy atom. The maximum absolute atomic E-state index is 12.0. The molecule has 2 aromatic carbocycles. The lowest BCUT2D eigenvalue weighted by Gasteiger charge is -2.25. The molecular formula is C22H26O9. The first-order chi connectivity index (χ1) is 14.8. The van der Waals surface area contributed by atoms with Gasteiger partial charge in [0.15, 0.2) is 34.9 Å². The van der Waals surface area contributed by atoms with E-state index in [9.17, 15) is 19.8 Å². The third-order valence-electron chi connectivity index (χ3n) is 4.45. The van der Waals surface area contributed by atoms with Crippen molar-refractivity contribution in [3.05, 3.63) is 47.5 Å². The van der Waals surface area contributed by atoms with Crippen LogP contribution in [0, 0.1) is 0 Å². The van der Waals surface area contributed by atoms with Crippen molar-refractivity contribution in [2.24, 2.45) is 0 Å². The molecule has 0 fully saturated rings. The van der Waals surface area contributed by atoms with Gasteiger partial charge in [0.2, 0.25) is 0 Å². The van der Waals surface area contributed by atoms with Crippen LogP contribution in [0.1, 0.15) is 35.4 Å². The first-order valence-electron chi connectivity index (χ1n) is 9.47. The minimum atomic E-state index is -1.26. The minimum Gasteiger partial charge on any atom is -0.504 e. The quantitative estimate of drug-likeness (QED) is 0.359. The van der Waals surface area contributed by atoms with Gasteiger partial charge in [-0.3, -0.25) is 9.59 Å². The van der Waals surface area contributed by atoms with Gasteiger partial charge in [0, 0.05) is 18.9 Å². The van der Waals surface area contributed by atoms with Crippen LogP contribution in [-0.4, -0.2) is 60.6 Å². The summed E-state index contributed by atoms with van der Waals surface area (Å²) in [5.74, 6) is -0.314. The lowest BCUT2D eigenvalue weighted by molar-refractivity contribution is -0.145. The second kappa shape index (κ2) is 11.2. The molecule has 0 radical (unpaired) electrons. The van der Waals surface area contributed by atoms with Crippen LogP contribution in [0.4, 0.5) is 0 Å². The number of benzene rings is 2. The van der Waals surface area contributed by atoms with Crippen molar-refractivity contribution in [2.45, 2.75) is 25.6 Å². The molecule has 9 heteroatoms. The monoisotopic (exact) mass is 434 g/mol. The number of carbonyl (C=O) groups excluding carboxylic acids is 2. The Labute approximate surface area is 179 Å². The molecule has 2 rings (SSSR count). The van der Waals surface area contributed by atoms with Crippen molar-refractivity contribution in [1.82, 2.24) is 0 Å². The molecule has 0 unspecified atom stereocenters. The second-order valence-electron chi connectivity index (χ2n) is 6.60. The van der Waals surface area contributed by atoms with Gasteiger partial charge in [-0.2, -0.15) is 0 Å². The van der Waals surface area contributed by atoms with Crippen LogP contribution in [0.2, 0.25) is 0 Å². The molecular weight excluding hydrogens is 408 g/mol. The first-order valence-corrected chi connectivity index (χ1v) is 9.47. The molecule has 0 heterocycles. The summed E-state index contributed by atoms with van der Waals surface area (Å²) in [5.41, 5.74) is 0.694.